The number of aromatic nitrogens is 2. The molecule has 0 amide bonds. The van der Waals surface area contributed by atoms with Crippen LogP contribution in [0.3, 0.4) is 0 Å². The van der Waals surface area contributed by atoms with Crippen LogP contribution in [0.1, 0.15) is 43.3 Å². The molecule has 1 unspecified atom stereocenters. The lowest BCUT2D eigenvalue weighted by atomic mass is 10.1. The molecular weight excluding hydrogens is 226 g/mol. The molecule has 0 radical (unpaired) electrons. The zero-order valence-corrected chi connectivity index (χ0v) is 11.6. The summed E-state index contributed by atoms with van der Waals surface area (Å²) in [5.74, 6) is 1.87. The van der Waals surface area contributed by atoms with Crippen LogP contribution in [-0.2, 0) is 11.2 Å². The van der Waals surface area contributed by atoms with E-state index in [-0.39, 0.29) is 0 Å². The predicted molar refractivity (Wildman–Crippen MR) is 73.0 cm³/mol. The molecule has 1 aromatic rings. The summed E-state index contributed by atoms with van der Waals surface area (Å²) < 4.78 is 5.75. The van der Waals surface area contributed by atoms with Crippen molar-refractivity contribution in [1.29, 1.82) is 0 Å². The van der Waals surface area contributed by atoms with Crippen molar-refractivity contribution in [2.45, 2.75) is 52.6 Å². The summed E-state index contributed by atoms with van der Waals surface area (Å²) in [4.78, 5) is 9.19. The third-order valence-electron chi connectivity index (χ3n) is 3.46. The number of nitrogens with one attached hydrogen (secondary N) is 1. The first-order valence-corrected chi connectivity index (χ1v) is 6.90. The Hall–Kier alpha value is -1.16. The number of nitrogens with zero attached hydrogens (tertiary/aromatic N) is 2. The maximum atomic E-state index is 5.75. The lowest BCUT2D eigenvalue weighted by Crippen LogP contribution is -2.23. The van der Waals surface area contributed by atoms with Crippen LogP contribution in [0.5, 0.6) is 0 Å². The van der Waals surface area contributed by atoms with E-state index in [1.165, 1.54) is 12.8 Å². The highest BCUT2D eigenvalue weighted by atomic mass is 16.5. The molecule has 18 heavy (non-hydrogen) atoms. The summed E-state index contributed by atoms with van der Waals surface area (Å²) in [5.41, 5.74) is 2.21. The molecule has 2 heterocycles. The summed E-state index contributed by atoms with van der Waals surface area (Å²) in [7, 11) is 0. The number of aryl methyl sites for hydroxylation is 1. The van der Waals surface area contributed by atoms with Crippen molar-refractivity contribution in [2.24, 2.45) is 0 Å². The van der Waals surface area contributed by atoms with Gasteiger partial charge in [-0.1, -0.05) is 0 Å². The molecule has 2 rings (SSSR count). The minimum absolute atomic E-state index is 0.301. The average Bonchev–Trinajstić information content (AvgIpc) is 2.37. The van der Waals surface area contributed by atoms with Crippen LogP contribution in [0.15, 0.2) is 0 Å². The minimum Gasteiger partial charge on any atom is -0.378 e. The molecule has 1 aliphatic heterocycles. The van der Waals surface area contributed by atoms with E-state index in [2.05, 4.69) is 29.1 Å². The molecule has 0 spiro atoms. The van der Waals surface area contributed by atoms with E-state index in [9.17, 15) is 0 Å². The summed E-state index contributed by atoms with van der Waals surface area (Å²) in [6, 6.07) is 0. The highest BCUT2D eigenvalue weighted by Gasteiger charge is 2.17. The van der Waals surface area contributed by atoms with Crippen molar-refractivity contribution in [1.82, 2.24) is 9.97 Å². The maximum Gasteiger partial charge on any atom is 0.133 e. The fourth-order valence-electron chi connectivity index (χ4n) is 2.29. The van der Waals surface area contributed by atoms with Gasteiger partial charge in [0.15, 0.2) is 0 Å². The van der Waals surface area contributed by atoms with Crippen LogP contribution >= 0.6 is 0 Å². The average molecular weight is 249 g/mol. The topological polar surface area (TPSA) is 47.0 Å². The minimum atomic E-state index is 0.301. The smallest absolute Gasteiger partial charge is 0.133 e. The number of ether oxygens (including phenoxy) is 1. The van der Waals surface area contributed by atoms with E-state index < -0.39 is 0 Å². The van der Waals surface area contributed by atoms with Gasteiger partial charge in [0.1, 0.15) is 11.6 Å². The molecule has 4 heteroatoms. The van der Waals surface area contributed by atoms with Gasteiger partial charge in [0.25, 0.3) is 0 Å². The molecule has 0 aliphatic carbocycles. The van der Waals surface area contributed by atoms with Gasteiger partial charge in [-0.05, 0) is 40.0 Å². The molecular formula is C14H23N3O. The zero-order valence-electron chi connectivity index (χ0n) is 11.6. The monoisotopic (exact) mass is 249 g/mol. The Kier molecular flexibility index (Phi) is 4.53. The van der Waals surface area contributed by atoms with E-state index in [0.717, 1.165) is 48.9 Å². The van der Waals surface area contributed by atoms with Gasteiger partial charge in [-0.25, -0.2) is 9.97 Å². The Morgan fingerprint density at radius 1 is 1.28 bits per heavy atom. The Labute approximate surface area is 109 Å². The van der Waals surface area contributed by atoms with E-state index in [0.29, 0.717) is 6.10 Å². The summed E-state index contributed by atoms with van der Waals surface area (Å²) in [6.45, 7) is 7.96. The summed E-state index contributed by atoms with van der Waals surface area (Å²) >= 11 is 0. The van der Waals surface area contributed by atoms with Gasteiger partial charge >= 0.3 is 0 Å². The fraction of sp³-hybridized carbons (Fsp3) is 0.714. The maximum absolute atomic E-state index is 5.75. The van der Waals surface area contributed by atoms with Crippen molar-refractivity contribution in [3.05, 3.63) is 17.1 Å². The highest BCUT2D eigenvalue weighted by molar-refractivity contribution is 5.45. The fourth-order valence-corrected chi connectivity index (χ4v) is 2.29. The van der Waals surface area contributed by atoms with Gasteiger partial charge in [-0.2, -0.15) is 0 Å². The van der Waals surface area contributed by atoms with Gasteiger partial charge in [-0.3, -0.25) is 0 Å². The second kappa shape index (κ2) is 6.14. The second-order valence-electron chi connectivity index (χ2n) is 4.92. The first-order valence-electron chi connectivity index (χ1n) is 6.90. The van der Waals surface area contributed by atoms with Crippen LogP contribution in [0.25, 0.3) is 0 Å². The quantitative estimate of drug-likeness (QED) is 0.891. The van der Waals surface area contributed by atoms with Gasteiger partial charge in [0, 0.05) is 30.8 Å². The largest absolute Gasteiger partial charge is 0.378 e. The normalized spacial score (nSPS) is 19.8. The van der Waals surface area contributed by atoms with Crippen LogP contribution in [-0.4, -0.2) is 29.2 Å². The zero-order chi connectivity index (χ0) is 13.0. The molecule has 1 N–H and O–H groups in total. The lowest BCUT2D eigenvalue weighted by Gasteiger charge is -2.22. The molecule has 1 aromatic heterocycles. The lowest BCUT2D eigenvalue weighted by molar-refractivity contribution is 0.0156. The van der Waals surface area contributed by atoms with E-state index in [1.54, 1.807) is 0 Å². The van der Waals surface area contributed by atoms with Crippen molar-refractivity contribution >= 4 is 5.82 Å². The number of rotatable bonds is 4. The van der Waals surface area contributed by atoms with Gasteiger partial charge in [0.05, 0.1) is 6.10 Å². The van der Waals surface area contributed by atoms with Crippen LogP contribution < -0.4 is 5.32 Å². The van der Waals surface area contributed by atoms with Crippen LogP contribution in [0.2, 0.25) is 0 Å². The molecule has 1 saturated heterocycles. The molecule has 1 atom stereocenters. The first-order chi connectivity index (χ1) is 8.70. The number of hydrogen-bond donors (Lipinski definition) is 1. The predicted octanol–water partition coefficient (Wildman–Crippen LogP) is 2.64. The van der Waals surface area contributed by atoms with Crippen molar-refractivity contribution in [2.75, 3.05) is 18.5 Å². The third kappa shape index (κ3) is 3.19. The Morgan fingerprint density at radius 2 is 2.11 bits per heavy atom. The second-order valence-corrected chi connectivity index (χ2v) is 4.92. The summed E-state index contributed by atoms with van der Waals surface area (Å²) in [6.07, 6.45) is 4.71. The van der Waals surface area contributed by atoms with Crippen molar-refractivity contribution < 1.29 is 4.74 Å². The highest BCUT2D eigenvalue weighted by Crippen LogP contribution is 2.19. The molecule has 4 nitrogen and oxygen atoms in total. The standard InChI is InChI=1S/C14H23N3O/c1-4-15-14-10(2)11(3)16-13(17-14)9-12-7-5-6-8-18-12/h12H,4-9H2,1-3H3,(H,15,16,17). The Balaban J connectivity index is 2.11. The first kappa shape index (κ1) is 13.3. The van der Waals surface area contributed by atoms with Crippen LogP contribution in [0, 0.1) is 13.8 Å². The molecule has 100 valence electrons. The Morgan fingerprint density at radius 3 is 2.78 bits per heavy atom. The molecule has 0 bridgehead atoms. The number of anilines is 1. The molecule has 1 fully saturated rings. The molecule has 0 aromatic carbocycles. The molecule has 1 aliphatic rings. The van der Waals surface area contributed by atoms with Crippen LogP contribution in [0.4, 0.5) is 5.82 Å². The van der Waals surface area contributed by atoms with E-state index in [4.69, 9.17) is 4.74 Å². The van der Waals surface area contributed by atoms with Gasteiger partial charge < -0.3 is 10.1 Å². The van der Waals surface area contributed by atoms with Gasteiger partial charge in [0.2, 0.25) is 0 Å². The van der Waals surface area contributed by atoms with Gasteiger partial charge in [-0.15, -0.1) is 0 Å². The SMILES string of the molecule is CCNc1nc(CC2CCCCO2)nc(C)c1C. The van der Waals surface area contributed by atoms with Crippen molar-refractivity contribution in [3.8, 4) is 0 Å². The molecule has 0 saturated carbocycles. The third-order valence-corrected chi connectivity index (χ3v) is 3.46. The van der Waals surface area contributed by atoms with E-state index >= 15 is 0 Å². The van der Waals surface area contributed by atoms with E-state index in [1.807, 2.05) is 6.92 Å². The summed E-state index contributed by atoms with van der Waals surface area (Å²) in [5, 5.41) is 3.30. The van der Waals surface area contributed by atoms with Crippen molar-refractivity contribution in [3.63, 3.8) is 0 Å². The Bertz CT molecular complexity index is 400. The number of hydrogen-bond acceptors (Lipinski definition) is 4.